The van der Waals surface area contributed by atoms with Gasteiger partial charge in [0.1, 0.15) is 42.7 Å². The largest absolute Gasteiger partial charge is 0.472 e. The minimum atomic E-state index is -5.02. The third kappa shape index (κ3) is 24.7. The molecule has 1 aliphatic rings. The quantitative estimate of drug-likeness (QED) is 0.0169. The average Bonchev–Trinajstić information content (AvgIpc) is 3.15. The lowest BCUT2D eigenvalue weighted by Gasteiger charge is -2.41. The van der Waals surface area contributed by atoms with E-state index in [4.69, 9.17) is 18.5 Å². The zero-order valence-electron chi connectivity index (χ0n) is 33.0. The van der Waals surface area contributed by atoms with Crippen molar-refractivity contribution in [2.75, 3.05) is 19.8 Å². The molecule has 1 fully saturated rings. The number of esters is 1. The Bertz CT molecular complexity index is 1080. The summed E-state index contributed by atoms with van der Waals surface area (Å²) in [6, 6.07) is 0. The van der Waals surface area contributed by atoms with E-state index in [9.17, 15) is 39.8 Å². The Morgan fingerprint density at radius 3 is 1.67 bits per heavy atom. The van der Waals surface area contributed by atoms with E-state index >= 15 is 0 Å². The van der Waals surface area contributed by atoms with Crippen molar-refractivity contribution in [2.45, 2.75) is 185 Å². The van der Waals surface area contributed by atoms with Crippen molar-refractivity contribution in [3.05, 3.63) is 48.6 Å². The fourth-order valence-electron chi connectivity index (χ4n) is 5.93. The number of unbranched alkanes of at least 4 members (excludes halogenated alkanes) is 13. The Labute approximate surface area is 325 Å². The monoisotopic (exact) mass is 788 g/mol. The van der Waals surface area contributed by atoms with Crippen molar-refractivity contribution in [2.24, 2.45) is 0 Å². The lowest BCUT2D eigenvalue weighted by Crippen LogP contribution is -2.64. The molecular formula is C41H73O12P. The van der Waals surface area contributed by atoms with E-state index in [1.807, 2.05) is 0 Å². The molecule has 0 aliphatic heterocycles. The molecule has 12 nitrogen and oxygen atoms in total. The molecule has 0 bridgehead atoms. The zero-order valence-corrected chi connectivity index (χ0v) is 33.9. The highest BCUT2D eigenvalue weighted by molar-refractivity contribution is 7.47. The molecule has 6 N–H and O–H groups in total. The van der Waals surface area contributed by atoms with Crippen molar-refractivity contribution >= 4 is 13.8 Å². The Balaban J connectivity index is 2.46. The molecule has 13 heteroatoms. The van der Waals surface area contributed by atoms with Crippen molar-refractivity contribution < 1.29 is 58.3 Å². The molecule has 0 radical (unpaired) electrons. The fraction of sp³-hybridized carbons (Fsp3) is 0.780. The normalized spacial score (nSPS) is 23.9. The number of aliphatic hydroxyl groups is 5. The van der Waals surface area contributed by atoms with Crippen LogP contribution in [0.2, 0.25) is 0 Å². The topological polar surface area (TPSA) is 192 Å². The van der Waals surface area contributed by atoms with Gasteiger partial charge in [0.25, 0.3) is 0 Å². The van der Waals surface area contributed by atoms with Gasteiger partial charge in [-0.2, -0.15) is 0 Å². The average molecular weight is 789 g/mol. The molecule has 1 rings (SSSR count). The van der Waals surface area contributed by atoms with Crippen LogP contribution in [0.15, 0.2) is 48.6 Å². The van der Waals surface area contributed by atoms with Crippen molar-refractivity contribution in [1.29, 1.82) is 0 Å². The van der Waals surface area contributed by atoms with Crippen molar-refractivity contribution in [3.8, 4) is 0 Å². The van der Waals surface area contributed by atoms with Crippen LogP contribution >= 0.6 is 7.82 Å². The summed E-state index contributed by atoms with van der Waals surface area (Å²) in [7, 11) is -5.02. The van der Waals surface area contributed by atoms with E-state index in [-0.39, 0.29) is 13.0 Å². The van der Waals surface area contributed by atoms with Gasteiger partial charge in [-0.1, -0.05) is 133 Å². The van der Waals surface area contributed by atoms with Crippen LogP contribution < -0.4 is 0 Å². The first-order valence-electron chi connectivity index (χ1n) is 20.5. The molecule has 0 amide bonds. The molecule has 0 aromatic carbocycles. The Kier molecular flexibility index (Phi) is 30.2. The van der Waals surface area contributed by atoms with E-state index in [0.717, 1.165) is 70.6 Å². The summed E-state index contributed by atoms with van der Waals surface area (Å²) in [5.41, 5.74) is 0. The Morgan fingerprint density at radius 1 is 0.611 bits per heavy atom. The molecule has 0 aromatic heterocycles. The summed E-state index contributed by atoms with van der Waals surface area (Å²) in [4.78, 5) is 23.0. The molecule has 1 saturated carbocycles. The number of carbonyl (C=O) groups is 1. The smallest absolute Gasteiger partial charge is 0.457 e. The summed E-state index contributed by atoms with van der Waals surface area (Å²) < 4.78 is 34.0. The van der Waals surface area contributed by atoms with Gasteiger partial charge in [0, 0.05) is 13.0 Å². The molecule has 1 aliphatic carbocycles. The summed E-state index contributed by atoms with van der Waals surface area (Å²) >= 11 is 0. The molecule has 0 spiro atoms. The zero-order chi connectivity index (χ0) is 39.9. The van der Waals surface area contributed by atoms with Gasteiger partial charge < -0.3 is 39.9 Å². The Hall–Kier alpha value is -1.70. The van der Waals surface area contributed by atoms with Gasteiger partial charge in [0.15, 0.2) is 0 Å². The first-order valence-corrected chi connectivity index (χ1v) is 22.0. The lowest BCUT2D eigenvalue weighted by molar-refractivity contribution is -0.220. The predicted octanol–water partition coefficient (Wildman–Crippen LogP) is 7.30. The summed E-state index contributed by atoms with van der Waals surface area (Å²) in [5.74, 6) is -0.503. The summed E-state index contributed by atoms with van der Waals surface area (Å²) in [6.45, 7) is 4.08. The maximum absolute atomic E-state index is 12.7. The first kappa shape index (κ1) is 50.3. The molecule has 6 unspecified atom stereocenters. The molecule has 54 heavy (non-hydrogen) atoms. The number of aliphatic hydroxyl groups excluding tert-OH is 5. The summed E-state index contributed by atoms with van der Waals surface area (Å²) in [5, 5.41) is 50.0. The van der Waals surface area contributed by atoms with Gasteiger partial charge >= 0.3 is 13.8 Å². The highest BCUT2D eigenvalue weighted by Crippen LogP contribution is 2.47. The van der Waals surface area contributed by atoms with Crippen LogP contribution in [0.25, 0.3) is 0 Å². The minimum Gasteiger partial charge on any atom is -0.457 e. The SMILES string of the molecule is CC/C=C\C/C=C\C/C=C\C/C=C\CCCCCCC(=O)OC(COCCCCCCCCCCCC)COP(=O)(O)OC1C(O)C(O)C(O)C(O)C1O. The van der Waals surface area contributed by atoms with Gasteiger partial charge in [-0.25, -0.2) is 4.57 Å². The number of phosphoric acid groups is 1. The van der Waals surface area contributed by atoms with Crippen LogP contribution in [0.3, 0.4) is 0 Å². The standard InChI is InChI=1S/C41H73O12P/c1-3-5-7-9-11-13-15-16-17-18-19-20-21-22-24-26-28-30-35(42)52-34(32-50-31-29-27-25-23-14-12-10-8-6-4-2)33-51-54(48,49)53-41-39(46)37(44)36(43)38(45)40(41)47/h5,7,11,13,16-17,19-20,34,36-41,43-47H,3-4,6,8-10,12,14-15,18,21-33H2,1-2H3,(H,48,49)/b7-5-,13-11-,17-16-,20-19-. The number of carbonyl (C=O) groups excluding carboxylic acids is 1. The summed E-state index contributed by atoms with van der Waals surface area (Å²) in [6.07, 6.45) is 24.8. The number of hydrogen-bond acceptors (Lipinski definition) is 11. The second kappa shape index (κ2) is 32.4. The molecule has 0 saturated heterocycles. The van der Waals surface area contributed by atoms with Gasteiger partial charge in [0.05, 0.1) is 13.2 Å². The van der Waals surface area contributed by atoms with Crippen LogP contribution in [-0.2, 0) is 27.9 Å². The van der Waals surface area contributed by atoms with Crippen LogP contribution in [0.5, 0.6) is 0 Å². The first-order chi connectivity index (χ1) is 26.0. The highest BCUT2D eigenvalue weighted by atomic mass is 31.2. The highest BCUT2D eigenvalue weighted by Gasteiger charge is 2.51. The predicted molar refractivity (Wildman–Crippen MR) is 212 cm³/mol. The number of allylic oxidation sites excluding steroid dienone is 8. The molecular weight excluding hydrogens is 715 g/mol. The van der Waals surface area contributed by atoms with E-state index in [0.29, 0.717) is 13.0 Å². The van der Waals surface area contributed by atoms with Gasteiger partial charge in [-0.3, -0.25) is 13.8 Å². The third-order valence-corrected chi connectivity index (χ3v) is 10.2. The van der Waals surface area contributed by atoms with Gasteiger partial charge in [0.2, 0.25) is 0 Å². The van der Waals surface area contributed by atoms with Crippen molar-refractivity contribution in [1.82, 2.24) is 0 Å². The second-order valence-corrected chi connectivity index (χ2v) is 15.5. The maximum atomic E-state index is 12.7. The van der Waals surface area contributed by atoms with Gasteiger partial charge in [-0.05, 0) is 51.4 Å². The maximum Gasteiger partial charge on any atom is 0.472 e. The number of ether oxygens (including phenoxy) is 2. The third-order valence-electron chi connectivity index (χ3n) is 9.22. The lowest BCUT2D eigenvalue weighted by atomic mass is 9.85. The van der Waals surface area contributed by atoms with Crippen LogP contribution in [-0.4, -0.2) is 98.9 Å². The molecule has 314 valence electrons. The van der Waals surface area contributed by atoms with Crippen molar-refractivity contribution in [3.63, 3.8) is 0 Å². The second-order valence-electron chi connectivity index (χ2n) is 14.1. The van der Waals surface area contributed by atoms with E-state index in [1.165, 1.54) is 44.9 Å². The molecule has 6 atom stereocenters. The van der Waals surface area contributed by atoms with E-state index in [1.54, 1.807) is 0 Å². The number of phosphoric ester groups is 1. The number of rotatable bonds is 33. The van der Waals surface area contributed by atoms with Crippen LogP contribution in [0.4, 0.5) is 0 Å². The molecule has 0 aromatic rings. The van der Waals surface area contributed by atoms with Gasteiger partial charge in [-0.15, -0.1) is 0 Å². The number of hydrogen-bond donors (Lipinski definition) is 6. The van der Waals surface area contributed by atoms with Crippen LogP contribution in [0.1, 0.15) is 142 Å². The van der Waals surface area contributed by atoms with E-state index < -0.39 is 63.1 Å². The van der Waals surface area contributed by atoms with Crippen LogP contribution in [0, 0.1) is 0 Å². The van der Waals surface area contributed by atoms with E-state index in [2.05, 4.69) is 62.5 Å². The Morgan fingerprint density at radius 2 is 1.09 bits per heavy atom. The fourth-order valence-corrected chi connectivity index (χ4v) is 6.91. The molecule has 0 heterocycles. The minimum absolute atomic E-state index is 0.0870.